The fourth-order valence-electron chi connectivity index (χ4n) is 6.04. The number of anilines is 1. The molecule has 4 aromatic rings. The van der Waals surface area contributed by atoms with Crippen molar-refractivity contribution in [3.8, 4) is 22.3 Å². The van der Waals surface area contributed by atoms with Gasteiger partial charge in [0.15, 0.2) is 0 Å². The van der Waals surface area contributed by atoms with Gasteiger partial charge in [-0.05, 0) is 70.5 Å². The van der Waals surface area contributed by atoms with Gasteiger partial charge in [-0.25, -0.2) is 4.90 Å². The minimum atomic E-state index is -0.374. The van der Waals surface area contributed by atoms with E-state index in [1.165, 1.54) is 4.90 Å². The minimum Gasteiger partial charge on any atom is -0.342 e. The van der Waals surface area contributed by atoms with Crippen molar-refractivity contribution < 1.29 is 14.4 Å². The van der Waals surface area contributed by atoms with Crippen LogP contribution in [0.2, 0.25) is 0 Å². The minimum absolute atomic E-state index is 0.139. The molecule has 6 rings (SSSR count). The molecule has 1 aliphatic carbocycles. The third-order valence-corrected chi connectivity index (χ3v) is 7.73. The second-order valence-electron chi connectivity index (χ2n) is 10.2. The molecule has 0 radical (unpaired) electrons. The van der Waals surface area contributed by atoms with Crippen molar-refractivity contribution in [1.29, 1.82) is 0 Å². The Morgan fingerprint density at radius 1 is 0.667 bits per heavy atom. The van der Waals surface area contributed by atoms with Gasteiger partial charge in [0.05, 0.1) is 22.7 Å². The lowest BCUT2D eigenvalue weighted by Crippen LogP contribution is -2.36. The molecule has 0 aromatic heterocycles. The van der Waals surface area contributed by atoms with Crippen LogP contribution in [0.3, 0.4) is 0 Å². The Morgan fingerprint density at radius 3 is 1.82 bits per heavy atom. The molecule has 1 atom stereocenters. The first-order valence-electron chi connectivity index (χ1n) is 13.6. The van der Waals surface area contributed by atoms with Gasteiger partial charge >= 0.3 is 0 Å². The number of imide groups is 1. The van der Waals surface area contributed by atoms with E-state index in [2.05, 4.69) is 38.1 Å². The van der Waals surface area contributed by atoms with Crippen molar-refractivity contribution in [2.75, 3.05) is 18.0 Å². The molecule has 194 valence electrons. The molecule has 5 nitrogen and oxygen atoms in total. The molecule has 0 saturated heterocycles. The van der Waals surface area contributed by atoms with Crippen molar-refractivity contribution in [2.24, 2.45) is 0 Å². The summed E-state index contributed by atoms with van der Waals surface area (Å²) in [5.41, 5.74) is 7.57. The third kappa shape index (κ3) is 3.97. The number of benzene rings is 4. The first-order valence-corrected chi connectivity index (χ1v) is 13.6. The number of fused-ring (bicyclic) bond motifs is 4. The molecule has 39 heavy (non-hydrogen) atoms. The number of hydrogen-bond donors (Lipinski definition) is 0. The zero-order chi connectivity index (χ0) is 27.1. The molecular formula is C34H30N2O3. The summed E-state index contributed by atoms with van der Waals surface area (Å²) < 4.78 is 0. The lowest BCUT2D eigenvalue weighted by molar-refractivity contribution is -0.131. The first kappa shape index (κ1) is 24.8. The van der Waals surface area contributed by atoms with Gasteiger partial charge in [0, 0.05) is 13.1 Å². The summed E-state index contributed by atoms with van der Waals surface area (Å²) in [5.74, 6) is -0.851. The standard InChI is InChI=1S/C34H30N2O3/c1-3-20-35(21-4-2)34(39)31-27-11-6-5-10-25(27)26-15-9-14-24(30(26)31)22-16-18-23(19-17-22)36-32(37)28-12-7-8-13-29(28)33(36)38/h5-19,31H,3-4,20-21H2,1-2H3. The number of amides is 3. The van der Waals surface area contributed by atoms with Crippen LogP contribution in [0.1, 0.15) is 64.4 Å². The molecule has 1 heterocycles. The van der Waals surface area contributed by atoms with Crippen LogP contribution in [-0.4, -0.2) is 35.7 Å². The SMILES string of the molecule is CCCN(CCC)C(=O)C1c2ccccc2-c2cccc(-c3ccc(N4C(=O)c5ccccc5C4=O)cc3)c21. The molecular weight excluding hydrogens is 484 g/mol. The second-order valence-corrected chi connectivity index (χ2v) is 10.2. The predicted octanol–water partition coefficient (Wildman–Crippen LogP) is 6.92. The Hall–Kier alpha value is -4.51. The first-order chi connectivity index (χ1) is 19.0. The molecule has 0 N–H and O–H groups in total. The molecule has 0 saturated carbocycles. The number of carbonyl (C=O) groups is 3. The fourth-order valence-corrected chi connectivity index (χ4v) is 6.04. The highest BCUT2D eigenvalue weighted by Crippen LogP contribution is 2.49. The Labute approximate surface area is 228 Å². The van der Waals surface area contributed by atoms with Gasteiger partial charge in [0.2, 0.25) is 5.91 Å². The summed E-state index contributed by atoms with van der Waals surface area (Å²) >= 11 is 0. The molecule has 4 aromatic carbocycles. The van der Waals surface area contributed by atoms with E-state index in [0.29, 0.717) is 16.8 Å². The summed E-state index contributed by atoms with van der Waals surface area (Å²) in [6.07, 6.45) is 1.82. The van der Waals surface area contributed by atoms with E-state index in [4.69, 9.17) is 0 Å². The van der Waals surface area contributed by atoms with Crippen LogP contribution in [0.15, 0.2) is 91.0 Å². The van der Waals surface area contributed by atoms with Crippen molar-refractivity contribution in [3.05, 3.63) is 113 Å². The molecule has 3 amide bonds. The largest absolute Gasteiger partial charge is 0.342 e. The normalized spacial score (nSPS) is 15.2. The van der Waals surface area contributed by atoms with Gasteiger partial charge in [-0.3, -0.25) is 14.4 Å². The smallest absolute Gasteiger partial charge is 0.266 e. The van der Waals surface area contributed by atoms with E-state index in [9.17, 15) is 14.4 Å². The van der Waals surface area contributed by atoms with Gasteiger partial charge in [0.1, 0.15) is 0 Å². The van der Waals surface area contributed by atoms with E-state index in [1.807, 2.05) is 47.4 Å². The summed E-state index contributed by atoms with van der Waals surface area (Å²) in [6.45, 7) is 5.68. The Kier molecular flexibility index (Phi) is 6.35. The van der Waals surface area contributed by atoms with Gasteiger partial charge in [-0.2, -0.15) is 0 Å². The number of carbonyl (C=O) groups excluding carboxylic acids is 3. The van der Waals surface area contributed by atoms with Crippen LogP contribution in [-0.2, 0) is 4.79 Å². The summed E-state index contributed by atoms with van der Waals surface area (Å²) in [6, 6.07) is 28.8. The van der Waals surface area contributed by atoms with Gasteiger partial charge in [-0.15, -0.1) is 0 Å². The quantitative estimate of drug-likeness (QED) is 0.252. The van der Waals surface area contributed by atoms with Crippen LogP contribution in [0, 0.1) is 0 Å². The van der Waals surface area contributed by atoms with E-state index < -0.39 is 0 Å². The molecule has 5 heteroatoms. The van der Waals surface area contributed by atoms with Crippen LogP contribution in [0.5, 0.6) is 0 Å². The summed E-state index contributed by atoms with van der Waals surface area (Å²) in [5, 5.41) is 0. The number of rotatable bonds is 7. The van der Waals surface area contributed by atoms with E-state index in [0.717, 1.165) is 59.3 Å². The molecule has 0 bridgehead atoms. The lowest BCUT2D eigenvalue weighted by Gasteiger charge is -2.27. The van der Waals surface area contributed by atoms with Crippen LogP contribution < -0.4 is 4.90 Å². The summed E-state index contributed by atoms with van der Waals surface area (Å²) in [7, 11) is 0. The summed E-state index contributed by atoms with van der Waals surface area (Å²) in [4.78, 5) is 43.3. The maximum absolute atomic E-state index is 14.1. The fraction of sp³-hybridized carbons (Fsp3) is 0.206. The van der Waals surface area contributed by atoms with Crippen molar-refractivity contribution in [1.82, 2.24) is 4.90 Å². The monoisotopic (exact) mass is 514 g/mol. The van der Waals surface area contributed by atoms with Crippen molar-refractivity contribution in [3.63, 3.8) is 0 Å². The average Bonchev–Trinajstić information content (AvgIpc) is 3.44. The lowest BCUT2D eigenvalue weighted by atomic mass is 9.88. The molecule has 1 unspecified atom stereocenters. The predicted molar refractivity (Wildman–Crippen MR) is 154 cm³/mol. The van der Waals surface area contributed by atoms with Crippen molar-refractivity contribution in [2.45, 2.75) is 32.6 Å². The second kappa shape index (κ2) is 9.99. The van der Waals surface area contributed by atoms with Crippen molar-refractivity contribution >= 4 is 23.4 Å². The Bertz CT molecular complexity index is 1560. The molecule has 2 aliphatic rings. The highest BCUT2D eigenvalue weighted by atomic mass is 16.2. The van der Waals surface area contributed by atoms with E-state index in [-0.39, 0.29) is 23.6 Å². The topological polar surface area (TPSA) is 57.7 Å². The Balaban J connectivity index is 1.41. The highest BCUT2D eigenvalue weighted by Gasteiger charge is 2.38. The third-order valence-electron chi connectivity index (χ3n) is 7.73. The molecule has 0 spiro atoms. The molecule has 0 fully saturated rings. The maximum Gasteiger partial charge on any atom is 0.266 e. The zero-order valence-corrected chi connectivity index (χ0v) is 22.2. The Morgan fingerprint density at radius 2 is 1.21 bits per heavy atom. The van der Waals surface area contributed by atoms with E-state index in [1.54, 1.807) is 24.3 Å². The number of nitrogens with zero attached hydrogens (tertiary/aromatic N) is 2. The highest BCUT2D eigenvalue weighted by molar-refractivity contribution is 6.34. The van der Waals surface area contributed by atoms with E-state index >= 15 is 0 Å². The van der Waals surface area contributed by atoms with Gasteiger partial charge in [0.25, 0.3) is 11.8 Å². The van der Waals surface area contributed by atoms with Crippen LogP contribution in [0.4, 0.5) is 5.69 Å². The average molecular weight is 515 g/mol. The van der Waals surface area contributed by atoms with Gasteiger partial charge < -0.3 is 4.90 Å². The van der Waals surface area contributed by atoms with Crippen LogP contribution in [0.25, 0.3) is 22.3 Å². The van der Waals surface area contributed by atoms with Gasteiger partial charge in [-0.1, -0.05) is 80.6 Å². The number of hydrogen-bond acceptors (Lipinski definition) is 3. The van der Waals surface area contributed by atoms with Crippen LogP contribution >= 0.6 is 0 Å². The zero-order valence-electron chi connectivity index (χ0n) is 22.2. The molecule has 1 aliphatic heterocycles. The maximum atomic E-state index is 14.1.